The van der Waals surface area contributed by atoms with Crippen LogP contribution in [0.15, 0.2) is 36.4 Å². The summed E-state index contributed by atoms with van der Waals surface area (Å²) in [6.45, 7) is 3.11. The van der Waals surface area contributed by atoms with Crippen LogP contribution in [0.3, 0.4) is 0 Å². The first-order valence-corrected chi connectivity index (χ1v) is 12.4. The predicted molar refractivity (Wildman–Crippen MR) is 146 cm³/mol. The van der Waals surface area contributed by atoms with Crippen LogP contribution in [-0.4, -0.2) is 98.5 Å². The van der Waals surface area contributed by atoms with Gasteiger partial charge in [-0.15, -0.1) is 0 Å². The predicted octanol–water partition coefficient (Wildman–Crippen LogP) is -0.347. The van der Waals surface area contributed by atoms with Crippen molar-refractivity contribution in [2.45, 2.75) is 35.5 Å². The van der Waals surface area contributed by atoms with Crippen LogP contribution < -0.4 is 10.6 Å². The zero-order valence-electron chi connectivity index (χ0n) is 21.2. The third-order valence-electron chi connectivity index (χ3n) is 7.78. The van der Waals surface area contributed by atoms with E-state index in [0.29, 0.717) is 42.1 Å². The van der Waals surface area contributed by atoms with Gasteiger partial charge in [0.2, 0.25) is 11.8 Å². The van der Waals surface area contributed by atoms with Gasteiger partial charge in [-0.1, -0.05) is 29.5 Å². The summed E-state index contributed by atoms with van der Waals surface area (Å²) in [4.78, 5) is 41.7. The number of hydrogen-bond acceptors (Lipinski definition) is 6. The minimum absolute atomic E-state index is 0.128. The van der Waals surface area contributed by atoms with Gasteiger partial charge in [-0.05, 0) is 17.3 Å². The van der Waals surface area contributed by atoms with E-state index in [1.165, 1.54) is 0 Å². The highest BCUT2D eigenvalue weighted by atomic mass is 19.1. The van der Waals surface area contributed by atoms with Gasteiger partial charge in [0.25, 0.3) is 5.91 Å². The molecule has 3 heterocycles. The summed E-state index contributed by atoms with van der Waals surface area (Å²) in [6, 6.07) is 10.1. The molecule has 0 saturated carbocycles. The molecule has 10 radical (unpaired) electrons. The molecule has 0 aromatic heterocycles. The van der Waals surface area contributed by atoms with Crippen LogP contribution in [0.4, 0.5) is 10.1 Å². The van der Waals surface area contributed by atoms with E-state index in [9.17, 15) is 14.4 Å². The first kappa shape index (κ1) is 27.6. The molecule has 188 valence electrons. The third kappa shape index (κ3) is 4.32. The fraction of sp³-hybridized carbons (Fsp3) is 0.400. The molecule has 14 heteroatoms. The van der Waals surface area contributed by atoms with Gasteiger partial charge < -0.3 is 15.0 Å². The van der Waals surface area contributed by atoms with Crippen molar-refractivity contribution in [2.75, 3.05) is 31.6 Å². The Kier molecular flexibility index (Phi) is 7.00. The van der Waals surface area contributed by atoms with Gasteiger partial charge in [-0.25, -0.2) is 4.39 Å². The van der Waals surface area contributed by atoms with Crippen molar-refractivity contribution in [3.05, 3.63) is 64.5 Å². The van der Waals surface area contributed by atoms with E-state index in [-0.39, 0.29) is 24.5 Å². The Hall–Kier alpha value is -2.98. The SMILES string of the molecule is [B]C1([B])C(=O)NC(=O)C([B])(N2Cc3c(NCc4cccc(CN5CCOCC5)c4F)cccc3C2=O)C1([B])[B]. The molecule has 3 aliphatic heterocycles. The van der Waals surface area contributed by atoms with Crippen LogP contribution in [0.5, 0.6) is 0 Å². The van der Waals surface area contributed by atoms with Crippen molar-refractivity contribution in [1.29, 1.82) is 0 Å². The van der Waals surface area contributed by atoms with Crippen LogP contribution in [0, 0.1) is 5.82 Å². The number of imide groups is 1. The van der Waals surface area contributed by atoms with Crippen LogP contribution in [-0.2, 0) is 34.0 Å². The molecule has 2 saturated heterocycles. The van der Waals surface area contributed by atoms with E-state index in [4.69, 9.17) is 44.0 Å². The molecule has 39 heavy (non-hydrogen) atoms. The summed E-state index contributed by atoms with van der Waals surface area (Å²) >= 11 is 0. The molecule has 0 aliphatic carbocycles. The number of nitrogens with zero attached hydrogens (tertiary/aromatic N) is 2. The second-order valence-electron chi connectivity index (χ2n) is 10.1. The number of fused-ring (bicyclic) bond motifs is 1. The van der Waals surface area contributed by atoms with E-state index >= 15 is 4.39 Å². The van der Waals surface area contributed by atoms with Gasteiger partial charge in [0.15, 0.2) is 0 Å². The number of piperidine rings is 1. The van der Waals surface area contributed by atoms with Crippen LogP contribution in [0.2, 0.25) is 10.4 Å². The maximum Gasteiger partial charge on any atom is 0.254 e. The Balaban J connectivity index is 1.38. The summed E-state index contributed by atoms with van der Waals surface area (Å²) in [5.41, 5.74) is -0.211. The highest BCUT2D eigenvalue weighted by molar-refractivity contribution is 6.66. The van der Waals surface area contributed by atoms with E-state index in [1.54, 1.807) is 36.4 Å². The Labute approximate surface area is 232 Å². The number of morpholine rings is 1. The first-order valence-electron chi connectivity index (χ1n) is 12.4. The Morgan fingerprint density at radius 1 is 0.949 bits per heavy atom. The molecule has 2 aromatic carbocycles. The maximum atomic E-state index is 15.4. The van der Waals surface area contributed by atoms with Gasteiger partial charge in [-0.2, -0.15) is 0 Å². The van der Waals surface area contributed by atoms with Crippen molar-refractivity contribution in [3.8, 4) is 0 Å². The number of benzene rings is 2. The summed E-state index contributed by atoms with van der Waals surface area (Å²) in [7, 11) is 30.4. The minimum Gasteiger partial charge on any atom is -0.381 e. The fourth-order valence-electron chi connectivity index (χ4n) is 5.20. The molecule has 0 spiro atoms. The van der Waals surface area contributed by atoms with Gasteiger partial charge in [0.05, 0.1) is 50.0 Å². The monoisotopic (exact) mass is 516 g/mol. The normalized spacial score (nSPS) is 24.3. The van der Waals surface area contributed by atoms with E-state index in [1.807, 2.05) is 5.32 Å². The van der Waals surface area contributed by atoms with Crippen molar-refractivity contribution < 1.29 is 23.5 Å². The number of rotatable bonds is 6. The molecule has 0 bridgehead atoms. The molecule has 3 aliphatic rings. The van der Waals surface area contributed by atoms with Crippen LogP contribution >= 0.6 is 0 Å². The van der Waals surface area contributed by atoms with Crippen molar-refractivity contribution in [3.63, 3.8) is 0 Å². The number of ether oxygens (including phenoxy) is 1. The molecule has 2 N–H and O–H groups in total. The molecule has 1 unspecified atom stereocenters. The van der Waals surface area contributed by atoms with Gasteiger partial charge >= 0.3 is 0 Å². The Morgan fingerprint density at radius 3 is 2.33 bits per heavy atom. The topological polar surface area (TPSA) is 91.0 Å². The van der Waals surface area contributed by atoms with Gasteiger partial charge in [0, 0.05) is 60.7 Å². The van der Waals surface area contributed by atoms with E-state index < -0.39 is 33.6 Å². The number of halogens is 1. The van der Waals surface area contributed by atoms with Crippen molar-refractivity contribution >= 4 is 62.6 Å². The first-order chi connectivity index (χ1) is 18.4. The van der Waals surface area contributed by atoms with Crippen molar-refractivity contribution in [1.82, 2.24) is 15.1 Å². The third-order valence-corrected chi connectivity index (χ3v) is 7.78. The lowest BCUT2D eigenvalue weighted by atomic mass is 9.21. The highest BCUT2D eigenvalue weighted by Crippen LogP contribution is 2.55. The lowest BCUT2D eigenvalue weighted by molar-refractivity contribution is -0.140. The number of anilines is 1. The van der Waals surface area contributed by atoms with Gasteiger partial charge in [-0.3, -0.25) is 24.6 Å². The molecule has 3 amide bonds. The zero-order valence-corrected chi connectivity index (χ0v) is 21.2. The Bertz CT molecular complexity index is 1350. The van der Waals surface area contributed by atoms with Crippen LogP contribution in [0.1, 0.15) is 27.0 Å². The molecule has 2 aromatic rings. The largest absolute Gasteiger partial charge is 0.381 e. The standard InChI is InChI=1S/C25H22B5FN4O4/c26-23(27)21(37)33-22(38)24(28,25(23,29)30)35-13-17-16(20(35)36)5-2-6-18(17)32-11-14-3-1-4-15(19(14)31)12-34-7-9-39-10-8-34/h1-6,32H,7-13H2,(H,33,37,38). The average molecular weight is 516 g/mol. The minimum atomic E-state index is -2.52. The lowest BCUT2D eigenvalue weighted by Gasteiger charge is -2.60. The second-order valence-corrected chi connectivity index (χ2v) is 10.1. The van der Waals surface area contributed by atoms with Gasteiger partial charge in [0.1, 0.15) is 13.7 Å². The van der Waals surface area contributed by atoms with E-state index in [2.05, 4.69) is 10.2 Å². The van der Waals surface area contributed by atoms with E-state index in [0.717, 1.165) is 18.0 Å². The summed E-state index contributed by atoms with van der Waals surface area (Å²) < 4.78 is 20.7. The maximum absolute atomic E-state index is 15.4. The number of carbonyl (C=O) groups is 3. The molecule has 2 fully saturated rings. The number of amides is 3. The molecular weight excluding hydrogens is 493 g/mol. The average Bonchev–Trinajstić information content (AvgIpc) is 3.25. The molecule has 5 rings (SSSR count). The number of nitrogens with one attached hydrogen (secondary N) is 2. The van der Waals surface area contributed by atoms with Crippen LogP contribution in [0.25, 0.3) is 0 Å². The summed E-state index contributed by atoms with van der Waals surface area (Å²) in [5, 5.41) is 0.171. The zero-order chi connectivity index (χ0) is 28.2. The van der Waals surface area contributed by atoms with Crippen molar-refractivity contribution in [2.24, 2.45) is 0 Å². The summed E-state index contributed by atoms with van der Waals surface area (Å²) in [5.74, 6) is -3.21. The molecule has 1 atom stereocenters. The highest BCUT2D eigenvalue weighted by Gasteiger charge is 2.63. The second kappa shape index (κ2) is 9.89. The molecule has 8 nitrogen and oxygen atoms in total. The number of hydrogen-bond donors (Lipinski definition) is 2. The fourth-order valence-corrected chi connectivity index (χ4v) is 5.20. The molecular formula is C25H22B5FN4O4. The quantitative estimate of drug-likeness (QED) is 0.404. The summed E-state index contributed by atoms with van der Waals surface area (Å²) in [6.07, 6.45) is 0. The number of carbonyl (C=O) groups excluding carboxylic acids is 3. The Morgan fingerprint density at radius 2 is 1.62 bits per heavy atom. The lowest BCUT2D eigenvalue weighted by Crippen LogP contribution is -2.75. The smallest absolute Gasteiger partial charge is 0.254 e.